The third-order valence-corrected chi connectivity index (χ3v) is 4.35. The van der Waals surface area contributed by atoms with Gasteiger partial charge >= 0.3 is 6.09 Å². The zero-order valence-electron chi connectivity index (χ0n) is 13.6. The minimum atomic E-state index is -0.511. The maximum absolute atomic E-state index is 11.7. The summed E-state index contributed by atoms with van der Waals surface area (Å²) in [6.07, 6.45) is -0.459. The number of thiophene rings is 1. The van der Waals surface area contributed by atoms with E-state index in [9.17, 15) is 4.79 Å². The van der Waals surface area contributed by atoms with Crippen LogP contribution in [-0.2, 0) is 4.74 Å². The first kappa shape index (κ1) is 17.6. The molecule has 2 N–H and O–H groups in total. The van der Waals surface area contributed by atoms with Crippen LogP contribution in [0.15, 0.2) is 36.4 Å². The van der Waals surface area contributed by atoms with Gasteiger partial charge in [0.25, 0.3) is 0 Å². The molecule has 2 aromatic rings. The number of halogens is 1. The number of carbonyl (C=O) groups is 1. The first-order valence-electron chi connectivity index (χ1n) is 7.35. The zero-order valence-corrected chi connectivity index (χ0v) is 15.2. The fourth-order valence-electron chi connectivity index (χ4n) is 1.95. The van der Waals surface area contributed by atoms with Crippen LogP contribution in [0.3, 0.4) is 0 Å². The smallest absolute Gasteiger partial charge is 0.412 e. The largest absolute Gasteiger partial charge is 0.444 e. The van der Waals surface area contributed by atoms with Crippen molar-refractivity contribution in [3.8, 4) is 0 Å². The first-order valence-corrected chi connectivity index (χ1v) is 8.54. The summed E-state index contributed by atoms with van der Waals surface area (Å²) in [5, 5.41) is 6.11. The van der Waals surface area contributed by atoms with Gasteiger partial charge in [-0.25, -0.2) is 4.79 Å². The van der Waals surface area contributed by atoms with E-state index in [0.29, 0.717) is 5.69 Å². The van der Waals surface area contributed by atoms with Crippen molar-refractivity contribution in [1.82, 2.24) is 0 Å². The molecule has 0 fully saturated rings. The number of hydrogen-bond donors (Lipinski definition) is 2. The molecule has 0 saturated heterocycles. The van der Waals surface area contributed by atoms with Crippen molar-refractivity contribution in [3.63, 3.8) is 0 Å². The molecule has 1 unspecified atom stereocenters. The van der Waals surface area contributed by atoms with Crippen LogP contribution in [-0.4, -0.2) is 11.7 Å². The molecule has 0 radical (unpaired) electrons. The van der Waals surface area contributed by atoms with E-state index in [1.54, 1.807) is 11.3 Å². The quantitative estimate of drug-likeness (QED) is 0.717. The van der Waals surface area contributed by atoms with E-state index in [0.717, 1.165) is 10.0 Å². The Bertz CT molecular complexity index is 662. The summed E-state index contributed by atoms with van der Waals surface area (Å²) in [6.45, 7) is 7.57. The Balaban J connectivity index is 1.93. The molecular formula is C17H21ClN2O2S. The summed E-state index contributed by atoms with van der Waals surface area (Å²) in [4.78, 5) is 12.9. The molecule has 1 heterocycles. The first-order chi connectivity index (χ1) is 10.7. The van der Waals surface area contributed by atoms with Crippen LogP contribution >= 0.6 is 22.9 Å². The Labute approximate surface area is 145 Å². The van der Waals surface area contributed by atoms with Crippen LogP contribution in [0.4, 0.5) is 16.2 Å². The molecular weight excluding hydrogens is 332 g/mol. The number of hydrogen-bond acceptors (Lipinski definition) is 4. The average molecular weight is 353 g/mol. The van der Waals surface area contributed by atoms with Gasteiger partial charge in [-0.05, 0) is 64.1 Å². The highest BCUT2D eigenvalue weighted by molar-refractivity contribution is 7.16. The monoisotopic (exact) mass is 352 g/mol. The number of anilines is 2. The minimum Gasteiger partial charge on any atom is -0.444 e. The molecule has 0 bridgehead atoms. The van der Waals surface area contributed by atoms with Gasteiger partial charge in [0.05, 0.1) is 10.4 Å². The summed E-state index contributed by atoms with van der Waals surface area (Å²) in [7, 11) is 0. The lowest BCUT2D eigenvalue weighted by molar-refractivity contribution is 0.0636. The topological polar surface area (TPSA) is 50.4 Å². The molecule has 0 aliphatic carbocycles. The lowest BCUT2D eigenvalue weighted by Gasteiger charge is -2.20. The number of rotatable bonds is 4. The minimum absolute atomic E-state index is 0.164. The molecule has 0 aliphatic rings. The second-order valence-corrected chi connectivity index (χ2v) is 7.96. The molecule has 4 nitrogen and oxygen atoms in total. The van der Waals surface area contributed by atoms with E-state index in [1.165, 1.54) is 4.88 Å². The Hall–Kier alpha value is -1.72. The molecule has 23 heavy (non-hydrogen) atoms. The molecule has 2 rings (SSSR count). The zero-order chi connectivity index (χ0) is 17.0. The van der Waals surface area contributed by atoms with E-state index in [2.05, 4.69) is 17.6 Å². The van der Waals surface area contributed by atoms with Crippen LogP contribution in [0.5, 0.6) is 0 Å². The van der Waals surface area contributed by atoms with Crippen molar-refractivity contribution in [2.45, 2.75) is 39.3 Å². The molecule has 1 aromatic heterocycles. The molecule has 0 saturated carbocycles. The van der Waals surface area contributed by atoms with Crippen molar-refractivity contribution in [2.75, 3.05) is 10.6 Å². The Morgan fingerprint density at radius 3 is 2.26 bits per heavy atom. The predicted molar refractivity (Wildman–Crippen MR) is 97.7 cm³/mol. The van der Waals surface area contributed by atoms with Crippen LogP contribution in [0.25, 0.3) is 0 Å². The molecule has 1 atom stereocenters. The van der Waals surface area contributed by atoms with Gasteiger partial charge in [0, 0.05) is 16.3 Å². The lowest BCUT2D eigenvalue weighted by atomic mass is 10.2. The summed E-state index contributed by atoms with van der Waals surface area (Å²) in [5.74, 6) is 0. The lowest BCUT2D eigenvalue weighted by Crippen LogP contribution is -2.27. The van der Waals surface area contributed by atoms with Crippen LogP contribution in [0.1, 0.15) is 38.6 Å². The van der Waals surface area contributed by atoms with E-state index in [1.807, 2.05) is 57.2 Å². The van der Waals surface area contributed by atoms with Gasteiger partial charge in [0.2, 0.25) is 0 Å². The highest BCUT2D eigenvalue weighted by Crippen LogP contribution is 2.29. The fraction of sp³-hybridized carbons (Fsp3) is 0.353. The van der Waals surface area contributed by atoms with Crippen molar-refractivity contribution in [2.24, 2.45) is 0 Å². The molecule has 0 aliphatic heterocycles. The average Bonchev–Trinajstić information content (AvgIpc) is 2.85. The molecule has 6 heteroatoms. The van der Waals surface area contributed by atoms with Gasteiger partial charge < -0.3 is 10.1 Å². The summed E-state index contributed by atoms with van der Waals surface area (Å²) < 4.78 is 6.00. The number of carbonyl (C=O) groups excluding carboxylic acids is 1. The maximum Gasteiger partial charge on any atom is 0.412 e. The molecule has 124 valence electrons. The number of nitrogens with one attached hydrogen (secondary N) is 2. The highest BCUT2D eigenvalue weighted by atomic mass is 35.5. The third kappa shape index (κ3) is 5.77. The van der Waals surface area contributed by atoms with E-state index >= 15 is 0 Å². The third-order valence-electron chi connectivity index (χ3n) is 2.93. The van der Waals surface area contributed by atoms with Gasteiger partial charge in [-0.3, -0.25) is 5.32 Å². The van der Waals surface area contributed by atoms with E-state index in [-0.39, 0.29) is 6.04 Å². The van der Waals surface area contributed by atoms with Crippen molar-refractivity contribution in [1.29, 1.82) is 0 Å². The number of ether oxygens (including phenoxy) is 1. The van der Waals surface area contributed by atoms with E-state index < -0.39 is 11.7 Å². The predicted octanol–water partition coefficient (Wildman–Crippen LogP) is 5.92. The number of benzene rings is 1. The van der Waals surface area contributed by atoms with Crippen molar-refractivity contribution >= 4 is 40.4 Å². The SMILES string of the molecule is CC(Nc1ccc(NC(=O)OC(C)(C)C)cc1)c1ccc(Cl)s1. The van der Waals surface area contributed by atoms with Crippen molar-refractivity contribution < 1.29 is 9.53 Å². The molecule has 1 amide bonds. The normalized spacial score (nSPS) is 12.6. The Morgan fingerprint density at radius 1 is 1.13 bits per heavy atom. The standard InChI is InChI=1S/C17H21ClN2O2S/c1-11(14-9-10-15(18)23-14)19-12-5-7-13(8-6-12)20-16(21)22-17(2,3)4/h5-11,19H,1-4H3,(H,20,21). The second kappa shape index (κ2) is 7.23. The van der Waals surface area contributed by atoms with Gasteiger partial charge in [-0.2, -0.15) is 0 Å². The van der Waals surface area contributed by atoms with Crippen LogP contribution in [0, 0.1) is 0 Å². The Morgan fingerprint density at radius 2 is 1.74 bits per heavy atom. The van der Waals surface area contributed by atoms with Crippen LogP contribution in [0.2, 0.25) is 4.34 Å². The van der Waals surface area contributed by atoms with Gasteiger partial charge in [-0.1, -0.05) is 11.6 Å². The molecule has 0 spiro atoms. The van der Waals surface area contributed by atoms with E-state index in [4.69, 9.17) is 16.3 Å². The Kier molecular flexibility index (Phi) is 5.55. The maximum atomic E-state index is 11.7. The van der Waals surface area contributed by atoms with Gasteiger partial charge in [0.15, 0.2) is 0 Å². The molecule has 1 aromatic carbocycles. The summed E-state index contributed by atoms with van der Waals surface area (Å²) in [6, 6.07) is 11.6. The van der Waals surface area contributed by atoms with Gasteiger partial charge in [0.1, 0.15) is 5.60 Å². The van der Waals surface area contributed by atoms with Gasteiger partial charge in [-0.15, -0.1) is 11.3 Å². The second-order valence-electron chi connectivity index (χ2n) is 6.21. The summed E-state index contributed by atoms with van der Waals surface area (Å²) >= 11 is 7.52. The van der Waals surface area contributed by atoms with Crippen LogP contribution < -0.4 is 10.6 Å². The number of amides is 1. The summed E-state index contributed by atoms with van der Waals surface area (Å²) in [5.41, 5.74) is 1.15. The van der Waals surface area contributed by atoms with Crippen molar-refractivity contribution in [3.05, 3.63) is 45.6 Å². The fourth-order valence-corrected chi connectivity index (χ4v) is 3.02. The highest BCUT2D eigenvalue weighted by Gasteiger charge is 2.16.